The van der Waals surface area contributed by atoms with Crippen molar-refractivity contribution in [3.8, 4) is 5.75 Å². The molecule has 110 valence electrons. The Morgan fingerprint density at radius 2 is 1.90 bits per heavy atom. The molecule has 2 aromatic heterocycles. The van der Waals surface area contributed by atoms with Crippen LogP contribution in [-0.2, 0) is 0 Å². The van der Waals surface area contributed by atoms with Crippen LogP contribution in [0.3, 0.4) is 0 Å². The van der Waals surface area contributed by atoms with Gasteiger partial charge in [-0.3, -0.25) is 0 Å². The minimum atomic E-state index is -0.373. The van der Waals surface area contributed by atoms with Gasteiger partial charge in [0.1, 0.15) is 16.9 Å². The Labute approximate surface area is 122 Å². The van der Waals surface area contributed by atoms with E-state index in [0.717, 1.165) is 29.4 Å². The van der Waals surface area contributed by atoms with Crippen molar-refractivity contribution in [3.05, 3.63) is 40.9 Å². The number of hydrogen-bond acceptors (Lipinski definition) is 4. The first-order valence-electron chi connectivity index (χ1n) is 7.36. The van der Waals surface area contributed by atoms with Gasteiger partial charge in [-0.15, -0.1) is 0 Å². The van der Waals surface area contributed by atoms with Gasteiger partial charge < -0.3 is 13.6 Å². The molecule has 1 aromatic carbocycles. The van der Waals surface area contributed by atoms with Crippen molar-refractivity contribution < 1.29 is 13.6 Å². The topological polar surface area (TPSA) is 52.6 Å². The lowest BCUT2D eigenvalue weighted by atomic mass is 10.1. The number of ether oxygens (including phenoxy) is 1. The summed E-state index contributed by atoms with van der Waals surface area (Å²) in [5.74, 6) is 0.733. The predicted molar refractivity (Wildman–Crippen MR) is 81.9 cm³/mol. The van der Waals surface area contributed by atoms with Crippen molar-refractivity contribution in [1.82, 2.24) is 0 Å². The Morgan fingerprint density at radius 1 is 1.05 bits per heavy atom. The van der Waals surface area contributed by atoms with Gasteiger partial charge in [-0.05, 0) is 18.6 Å². The maximum Gasteiger partial charge on any atom is 0.336 e. The second kappa shape index (κ2) is 6.04. The third kappa shape index (κ3) is 2.79. The molecular formula is C17H18O4. The van der Waals surface area contributed by atoms with Gasteiger partial charge in [0.15, 0.2) is 0 Å². The zero-order valence-corrected chi connectivity index (χ0v) is 12.1. The summed E-state index contributed by atoms with van der Waals surface area (Å²) < 4.78 is 16.6. The molecule has 0 unspecified atom stereocenters. The molecule has 0 atom stereocenters. The van der Waals surface area contributed by atoms with Crippen LogP contribution >= 0.6 is 0 Å². The SMILES string of the molecule is CCCCCCOc1c2ccoc2cc2oc(=O)ccc12. The molecule has 0 bridgehead atoms. The van der Waals surface area contributed by atoms with Gasteiger partial charge in [-0.1, -0.05) is 26.2 Å². The van der Waals surface area contributed by atoms with Gasteiger partial charge >= 0.3 is 5.63 Å². The highest BCUT2D eigenvalue weighted by atomic mass is 16.5. The molecule has 0 aliphatic carbocycles. The van der Waals surface area contributed by atoms with Crippen molar-refractivity contribution in [2.75, 3.05) is 6.61 Å². The van der Waals surface area contributed by atoms with E-state index in [2.05, 4.69) is 6.92 Å². The molecule has 0 spiro atoms. The summed E-state index contributed by atoms with van der Waals surface area (Å²) in [7, 11) is 0. The van der Waals surface area contributed by atoms with Crippen LogP contribution < -0.4 is 10.4 Å². The van der Waals surface area contributed by atoms with Crippen LogP contribution in [-0.4, -0.2) is 6.61 Å². The fourth-order valence-electron chi connectivity index (χ4n) is 2.47. The van der Waals surface area contributed by atoms with Gasteiger partial charge in [0.25, 0.3) is 0 Å². The average molecular weight is 286 g/mol. The van der Waals surface area contributed by atoms with E-state index in [-0.39, 0.29) is 5.63 Å². The van der Waals surface area contributed by atoms with Gasteiger partial charge in [0.05, 0.1) is 23.6 Å². The molecule has 4 nitrogen and oxygen atoms in total. The smallest absolute Gasteiger partial charge is 0.336 e. The summed E-state index contributed by atoms with van der Waals surface area (Å²) in [6.07, 6.45) is 6.21. The first-order chi connectivity index (χ1) is 10.3. The van der Waals surface area contributed by atoms with E-state index in [9.17, 15) is 4.79 Å². The molecule has 0 saturated heterocycles. The Bertz CT molecular complexity index is 797. The zero-order valence-electron chi connectivity index (χ0n) is 12.1. The largest absolute Gasteiger partial charge is 0.492 e. The van der Waals surface area contributed by atoms with E-state index in [4.69, 9.17) is 13.6 Å². The first-order valence-corrected chi connectivity index (χ1v) is 7.36. The van der Waals surface area contributed by atoms with E-state index < -0.39 is 0 Å². The highest BCUT2D eigenvalue weighted by Crippen LogP contribution is 2.35. The molecule has 0 saturated carbocycles. The first kappa shape index (κ1) is 13.7. The highest BCUT2D eigenvalue weighted by molar-refractivity contribution is 6.01. The lowest BCUT2D eigenvalue weighted by molar-refractivity contribution is 0.311. The number of unbranched alkanes of at least 4 members (excludes halogenated alkanes) is 3. The maximum atomic E-state index is 11.4. The van der Waals surface area contributed by atoms with Gasteiger partial charge in [0.2, 0.25) is 0 Å². The molecule has 0 aliphatic rings. The molecule has 4 heteroatoms. The van der Waals surface area contributed by atoms with Crippen molar-refractivity contribution in [3.63, 3.8) is 0 Å². The third-order valence-electron chi connectivity index (χ3n) is 3.55. The van der Waals surface area contributed by atoms with Crippen LogP contribution in [0.25, 0.3) is 21.9 Å². The van der Waals surface area contributed by atoms with Crippen LogP contribution in [0.15, 0.2) is 44.2 Å². The normalized spacial score (nSPS) is 11.3. The Kier molecular flexibility index (Phi) is 3.95. The summed E-state index contributed by atoms with van der Waals surface area (Å²) in [5.41, 5.74) is 0.788. The number of fused-ring (bicyclic) bond motifs is 2. The molecule has 3 rings (SSSR count). The monoisotopic (exact) mass is 286 g/mol. The molecule has 21 heavy (non-hydrogen) atoms. The summed E-state index contributed by atoms with van der Waals surface area (Å²) >= 11 is 0. The summed E-state index contributed by atoms with van der Waals surface area (Å²) in [5, 5.41) is 1.71. The third-order valence-corrected chi connectivity index (χ3v) is 3.55. The molecule has 0 N–H and O–H groups in total. The molecular weight excluding hydrogens is 268 g/mol. The second-order valence-corrected chi connectivity index (χ2v) is 5.11. The standard InChI is InChI=1S/C17H18O4/c1-2-3-4-5-9-20-17-12-6-7-16(18)21-15(12)11-14-13(17)8-10-19-14/h6-8,10-11H,2-5,9H2,1H3. The fraction of sp³-hybridized carbons (Fsp3) is 0.353. The van der Waals surface area contributed by atoms with Crippen molar-refractivity contribution >= 4 is 21.9 Å². The Hall–Kier alpha value is -2.23. The van der Waals surface area contributed by atoms with Crippen molar-refractivity contribution in [2.24, 2.45) is 0 Å². The van der Waals surface area contributed by atoms with E-state index >= 15 is 0 Å². The Morgan fingerprint density at radius 3 is 2.76 bits per heavy atom. The van der Waals surface area contributed by atoms with Crippen LogP contribution in [0.1, 0.15) is 32.6 Å². The van der Waals surface area contributed by atoms with Crippen LogP contribution in [0.2, 0.25) is 0 Å². The summed E-state index contributed by atoms with van der Waals surface area (Å²) in [6, 6.07) is 6.77. The van der Waals surface area contributed by atoms with Gasteiger partial charge in [0, 0.05) is 12.1 Å². The molecule has 0 amide bonds. The van der Waals surface area contributed by atoms with Crippen molar-refractivity contribution in [2.45, 2.75) is 32.6 Å². The van der Waals surface area contributed by atoms with E-state index in [1.165, 1.54) is 18.9 Å². The predicted octanol–water partition coefficient (Wildman–Crippen LogP) is 4.50. The number of furan rings is 1. The number of hydrogen-bond donors (Lipinski definition) is 0. The molecule has 0 aliphatic heterocycles. The molecule has 0 fully saturated rings. The molecule has 3 aromatic rings. The molecule has 0 radical (unpaired) electrons. The Balaban J connectivity index is 1.96. The van der Waals surface area contributed by atoms with Crippen molar-refractivity contribution in [1.29, 1.82) is 0 Å². The van der Waals surface area contributed by atoms with E-state index in [0.29, 0.717) is 17.8 Å². The lowest BCUT2D eigenvalue weighted by Gasteiger charge is -2.09. The second-order valence-electron chi connectivity index (χ2n) is 5.11. The zero-order chi connectivity index (χ0) is 14.7. The fourth-order valence-corrected chi connectivity index (χ4v) is 2.47. The van der Waals surface area contributed by atoms with E-state index in [1.807, 2.05) is 6.07 Å². The number of rotatable bonds is 6. The minimum absolute atomic E-state index is 0.373. The van der Waals surface area contributed by atoms with E-state index in [1.54, 1.807) is 18.4 Å². The van der Waals surface area contributed by atoms with Crippen LogP contribution in [0, 0.1) is 0 Å². The quantitative estimate of drug-likeness (QED) is 0.494. The maximum absolute atomic E-state index is 11.4. The number of benzene rings is 1. The highest BCUT2D eigenvalue weighted by Gasteiger charge is 2.13. The summed E-state index contributed by atoms with van der Waals surface area (Å²) in [6.45, 7) is 2.83. The minimum Gasteiger partial charge on any atom is -0.492 e. The average Bonchev–Trinajstić information content (AvgIpc) is 2.93. The van der Waals surface area contributed by atoms with Crippen LogP contribution in [0.4, 0.5) is 0 Å². The summed E-state index contributed by atoms with van der Waals surface area (Å²) in [4.78, 5) is 11.4. The van der Waals surface area contributed by atoms with Crippen LogP contribution in [0.5, 0.6) is 5.75 Å². The molecule has 2 heterocycles. The van der Waals surface area contributed by atoms with Gasteiger partial charge in [-0.2, -0.15) is 0 Å². The lowest BCUT2D eigenvalue weighted by Crippen LogP contribution is -2.00. The van der Waals surface area contributed by atoms with Gasteiger partial charge in [-0.25, -0.2) is 4.79 Å².